The van der Waals surface area contributed by atoms with E-state index in [1.165, 1.54) is 16.1 Å². The van der Waals surface area contributed by atoms with Crippen LogP contribution < -0.4 is 5.32 Å². The SMILES string of the molecule is Cc1nc(CCNC(=O)[C@H]2CSCN2S(=O)(=O)c2ccc(C(C)C)cc2)cs1. The van der Waals surface area contributed by atoms with Gasteiger partial charge in [-0.3, -0.25) is 4.79 Å². The molecule has 2 heterocycles. The van der Waals surface area contributed by atoms with Gasteiger partial charge in [0.05, 0.1) is 21.5 Å². The summed E-state index contributed by atoms with van der Waals surface area (Å²) in [5.74, 6) is 0.834. The van der Waals surface area contributed by atoms with Gasteiger partial charge < -0.3 is 5.32 Å². The molecule has 9 heteroatoms. The monoisotopic (exact) mass is 439 g/mol. The zero-order valence-corrected chi connectivity index (χ0v) is 18.7. The van der Waals surface area contributed by atoms with E-state index < -0.39 is 16.1 Å². The van der Waals surface area contributed by atoms with E-state index in [4.69, 9.17) is 0 Å². The van der Waals surface area contributed by atoms with Crippen LogP contribution >= 0.6 is 23.1 Å². The van der Waals surface area contributed by atoms with Gasteiger partial charge in [-0.2, -0.15) is 4.31 Å². The van der Waals surface area contributed by atoms with Crippen LogP contribution in [-0.4, -0.2) is 47.8 Å². The Balaban J connectivity index is 1.66. The second-order valence-corrected chi connectivity index (χ2v) is 11.0. The van der Waals surface area contributed by atoms with Gasteiger partial charge in [0.2, 0.25) is 15.9 Å². The average Bonchev–Trinajstić information content (AvgIpc) is 3.31. The smallest absolute Gasteiger partial charge is 0.244 e. The number of amides is 1. The van der Waals surface area contributed by atoms with E-state index in [0.717, 1.165) is 16.3 Å². The molecular formula is C19H25N3O3S3. The highest BCUT2D eigenvalue weighted by Gasteiger charge is 2.39. The number of aromatic nitrogens is 1. The number of benzene rings is 1. The lowest BCUT2D eigenvalue weighted by Crippen LogP contribution is -2.47. The molecule has 0 radical (unpaired) electrons. The Morgan fingerprint density at radius 2 is 2.04 bits per heavy atom. The molecule has 1 atom stereocenters. The number of carbonyl (C=O) groups excluding carboxylic acids is 1. The topological polar surface area (TPSA) is 79.4 Å². The molecule has 0 unspecified atom stereocenters. The number of nitrogens with one attached hydrogen (secondary N) is 1. The first-order valence-corrected chi connectivity index (χ1v) is 12.6. The molecule has 1 saturated heterocycles. The second-order valence-electron chi connectivity index (χ2n) is 7.03. The summed E-state index contributed by atoms with van der Waals surface area (Å²) in [7, 11) is -3.71. The minimum absolute atomic E-state index is 0.232. The molecule has 1 aliphatic heterocycles. The van der Waals surface area contributed by atoms with E-state index >= 15 is 0 Å². The molecule has 28 heavy (non-hydrogen) atoms. The Labute approximate surface area is 174 Å². The van der Waals surface area contributed by atoms with Gasteiger partial charge in [0.15, 0.2) is 0 Å². The van der Waals surface area contributed by atoms with Crippen LogP contribution in [0.5, 0.6) is 0 Å². The molecule has 1 aromatic carbocycles. The van der Waals surface area contributed by atoms with Crippen LogP contribution in [0.4, 0.5) is 0 Å². The third kappa shape index (κ3) is 4.76. The first-order chi connectivity index (χ1) is 13.3. The molecular weight excluding hydrogens is 414 g/mol. The Morgan fingerprint density at radius 1 is 1.32 bits per heavy atom. The molecule has 3 rings (SSSR count). The molecule has 1 aliphatic rings. The van der Waals surface area contributed by atoms with E-state index in [9.17, 15) is 13.2 Å². The van der Waals surface area contributed by atoms with Crippen molar-refractivity contribution in [1.82, 2.24) is 14.6 Å². The van der Waals surface area contributed by atoms with E-state index in [1.807, 2.05) is 24.4 Å². The van der Waals surface area contributed by atoms with Gasteiger partial charge in [0.25, 0.3) is 0 Å². The average molecular weight is 440 g/mol. The van der Waals surface area contributed by atoms with Crippen molar-refractivity contribution in [2.45, 2.75) is 44.0 Å². The molecule has 1 fully saturated rings. The van der Waals surface area contributed by atoms with Crippen LogP contribution in [0.1, 0.15) is 36.0 Å². The number of nitrogens with zero attached hydrogens (tertiary/aromatic N) is 2. The summed E-state index contributed by atoms with van der Waals surface area (Å²) in [5.41, 5.74) is 2.03. The fourth-order valence-electron chi connectivity index (χ4n) is 2.99. The van der Waals surface area contributed by atoms with Crippen molar-refractivity contribution in [3.05, 3.63) is 45.9 Å². The predicted molar refractivity (Wildman–Crippen MR) is 114 cm³/mol. The van der Waals surface area contributed by atoms with E-state index in [-0.39, 0.29) is 16.7 Å². The Kier molecular flexibility index (Phi) is 6.80. The van der Waals surface area contributed by atoms with E-state index in [0.29, 0.717) is 24.6 Å². The predicted octanol–water partition coefficient (Wildman–Crippen LogP) is 3.00. The summed E-state index contributed by atoms with van der Waals surface area (Å²) in [4.78, 5) is 17.2. The zero-order valence-electron chi connectivity index (χ0n) is 16.2. The molecule has 0 spiro atoms. The number of aryl methyl sites for hydroxylation is 1. The van der Waals surface area contributed by atoms with Crippen LogP contribution in [0, 0.1) is 6.92 Å². The minimum Gasteiger partial charge on any atom is -0.354 e. The van der Waals surface area contributed by atoms with Crippen molar-refractivity contribution < 1.29 is 13.2 Å². The quantitative estimate of drug-likeness (QED) is 0.717. The van der Waals surface area contributed by atoms with Crippen LogP contribution in [-0.2, 0) is 21.2 Å². The number of thiazole rings is 1. The molecule has 1 N–H and O–H groups in total. The van der Waals surface area contributed by atoms with Gasteiger partial charge in [0, 0.05) is 24.1 Å². The molecule has 1 amide bonds. The lowest BCUT2D eigenvalue weighted by Gasteiger charge is -2.22. The Hall–Kier alpha value is -1.42. The maximum absolute atomic E-state index is 13.1. The van der Waals surface area contributed by atoms with Crippen molar-refractivity contribution in [1.29, 1.82) is 0 Å². The summed E-state index contributed by atoms with van der Waals surface area (Å²) < 4.78 is 27.4. The lowest BCUT2D eigenvalue weighted by molar-refractivity contribution is -0.123. The highest BCUT2D eigenvalue weighted by Crippen LogP contribution is 2.29. The van der Waals surface area contributed by atoms with Crippen LogP contribution in [0.3, 0.4) is 0 Å². The van der Waals surface area contributed by atoms with Crippen molar-refractivity contribution in [3.63, 3.8) is 0 Å². The fraction of sp³-hybridized carbons (Fsp3) is 0.474. The molecule has 0 bridgehead atoms. The summed E-state index contributed by atoms with van der Waals surface area (Å²) >= 11 is 3.03. The maximum atomic E-state index is 13.1. The number of sulfonamides is 1. The van der Waals surface area contributed by atoms with E-state index in [2.05, 4.69) is 24.1 Å². The number of hydrogen-bond donors (Lipinski definition) is 1. The van der Waals surface area contributed by atoms with E-state index in [1.54, 1.807) is 23.5 Å². The van der Waals surface area contributed by atoms with Crippen LogP contribution in [0.15, 0.2) is 34.5 Å². The van der Waals surface area contributed by atoms with Gasteiger partial charge in [-0.15, -0.1) is 23.1 Å². The first-order valence-electron chi connectivity index (χ1n) is 9.17. The van der Waals surface area contributed by atoms with Crippen LogP contribution in [0.25, 0.3) is 0 Å². The number of hydrogen-bond acceptors (Lipinski definition) is 6. The molecule has 152 valence electrons. The highest BCUT2D eigenvalue weighted by molar-refractivity contribution is 8.00. The summed E-state index contributed by atoms with van der Waals surface area (Å²) in [5, 5.41) is 5.84. The molecule has 6 nitrogen and oxygen atoms in total. The molecule has 1 aromatic heterocycles. The minimum atomic E-state index is -3.71. The number of thioether (sulfide) groups is 1. The fourth-order valence-corrected chi connectivity index (χ4v) is 6.78. The Bertz CT molecular complexity index is 923. The lowest BCUT2D eigenvalue weighted by atomic mass is 10.0. The third-order valence-electron chi connectivity index (χ3n) is 4.64. The Morgan fingerprint density at radius 3 is 2.64 bits per heavy atom. The van der Waals surface area contributed by atoms with Crippen molar-refractivity contribution in [3.8, 4) is 0 Å². The number of rotatable bonds is 7. The largest absolute Gasteiger partial charge is 0.354 e. The molecule has 2 aromatic rings. The normalized spacial score (nSPS) is 17.9. The van der Waals surface area contributed by atoms with Gasteiger partial charge in [0.1, 0.15) is 6.04 Å². The van der Waals surface area contributed by atoms with Gasteiger partial charge in [-0.05, 0) is 30.5 Å². The van der Waals surface area contributed by atoms with Gasteiger partial charge >= 0.3 is 0 Å². The van der Waals surface area contributed by atoms with Crippen molar-refractivity contribution in [2.75, 3.05) is 18.2 Å². The zero-order chi connectivity index (χ0) is 20.3. The first kappa shape index (κ1) is 21.3. The van der Waals surface area contributed by atoms with Crippen LogP contribution in [0.2, 0.25) is 0 Å². The molecule has 0 aliphatic carbocycles. The highest BCUT2D eigenvalue weighted by atomic mass is 32.2. The van der Waals surface area contributed by atoms with Gasteiger partial charge in [-0.25, -0.2) is 13.4 Å². The summed E-state index contributed by atoms with van der Waals surface area (Å²) in [6.07, 6.45) is 0.638. The van der Waals surface area contributed by atoms with Crippen molar-refractivity contribution in [2.24, 2.45) is 0 Å². The van der Waals surface area contributed by atoms with Gasteiger partial charge in [-0.1, -0.05) is 26.0 Å². The summed E-state index contributed by atoms with van der Waals surface area (Å²) in [6, 6.07) is 6.26. The number of carbonyl (C=O) groups is 1. The summed E-state index contributed by atoms with van der Waals surface area (Å²) in [6.45, 7) is 6.51. The maximum Gasteiger partial charge on any atom is 0.244 e. The molecule has 0 saturated carbocycles. The second kappa shape index (κ2) is 8.94. The third-order valence-corrected chi connectivity index (χ3v) is 8.51. The standard InChI is InChI=1S/C19H25N3O3S3/c1-13(2)15-4-6-17(7-5-15)28(24,25)22-12-26-11-18(22)19(23)20-9-8-16-10-27-14(3)21-16/h4-7,10,13,18H,8-9,11-12H2,1-3H3,(H,20,23)/t18-/m1/s1. The van der Waals surface area contributed by atoms with Crippen molar-refractivity contribution >= 4 is 39.0 Å².